The molecule has 2 fully saturated rings. The Kier molecular flexibility index (Phi) is 4.36. The van der Waals surface area contributed by atoms with E-state index in [0.29, 0.717) is 24.9 Å². The molecule has 5 heteroatoms. The van der Waals surface area contributed by atoms with E-state index in [9.17, 15) is 9.90 Å². The zero-order chi connectivity index (χ0) is 12.3. The summed E-state index contributed by atoms with van der Waals surface area (Å²) in [6.45, 7) is 0.936. The third kappa shape index (κ3) is 3.18. The standard InChI is InChI=1S/C12H21NO4/c14-7-8-2-1-3-10(8)13-6-9-4-5-11(17-9)12(15)16/h8-11,13-14H,1-7H2,(H,15,16). The van der Waals surface area contributed by atoms with E-state index >= 15 is 0 Å². The Morgan fingerprint density at radius 3 is 2.76 bits per heavy atom. The molecule has 0 radical (unpaired) electrons. The highest BCUT2D eigenvalue weighted by Crippen LogP contribution is 2.26. The lowest BCUT2D eigenvalue weighted by molar-refractivity contribution is -0.149. The molecule has 0 amide bonds. The first kappa shape index (κ1) is 12.8. The molecule has 0 aromatic carbocycles. The molecule has 0 spiro atoms. The van der Waals surface area contributed by atoms with Crippen molar-refractivity contribution < 1.29 is 19.7 Å². The van der Waals surface area contributed by atoms with Crippen molar-refractivity contribution in [2.45, 2.75) is 50.4 Å². The second-order valence-corrected chi connectivity index (χ2v) is 5.05. The minimum atomic E-state index is -0.860. The third-order valence-electron chi connectivity index (χ3n) is 3.88. The second kappa shape index (κ2) is 5.80. The van der Waals surface area contributed by atoms with Gasteiger partial charge in [-0.05, 0) is 31.6 Å². The quantitative estimate of drug-likeness (QED) is 0.650. The molecule has 17 heavy (non-hydrogen) atoms. The van der Waals surface area contributed by atoms with Crippen molar-refractivity contribution in [3.8, 4) is 0 Å². The summed E-state index contributed by atoms with van der Waals surface area (Å²) in [6, 6.07) is 0.368. The molecule has 1 aliphatic carbocycles. The van der Waals surface area contributed by atoms with E-state index in [0.717, 1.165) is 25.7 Å². The number of hydrogen-bond acceptors (Lipinski definition) is 4. The molecular formula is C12H21NO4. The van der Waals surface area contributed by atoms with Gasteiger partial charge in [0.15, 0.2) is 6.10 Å². The van der Waals surface area contributed by atoms with E-state index in [1.165, 1.54) is 0 Å². The first-order chi connectivity index (χ1) is 8.20. The Morgan fingerprint density at radius 2 is 2.12 bits per heavy atom. The van der Waals surface area contributed by atoms with Crippen molar-refractivity contribution in [3.63, 3.8) is 0 Å². The number of nitrogens with one attached hydrogen (secondary N) is 1. The first-order valence-corrected chi connectivity index (χ1v) is 6.43. The normalized spacial score (nSPS) is 37.5. The van der Waals surface area contributed by atoms with Crippen molar-refractivity contribution in [2.24, 2.45) is 5.92 Å². The number of aliphatic hydroxyl groups is 1. The summed E-state index contributed by atoms with van der Waals surface area (Å²) in [5, 5.41) is 21.4. The number of carboxylic acids is 1. The van der Waals surface area contributed by atoms with E-state index in [1.807, 2.05) is 0 Å². The summed E-state index contributed by atoms with van der Waals surface area (Å²) in [7, 11) is 0. The van der Waals surface area contributed by atoms with Crippen molar-refractivity contribution >= 4 is 5.97 Å². The fourth-order valence-corrected chi connectivity index (χ4v) is 2.84. The van der Waals surface area contributed by atoms with E-state index < -0.39 is 12.1 Å². The molecule has 1 saturated heterocycles. The smallest absolute Gasteiger partial charge is 0.332 e. The van der Waals surface area contributed by atoms with Gasteiger partial charge in [0, 0.05) is 19.2 Å². The molecule has 4 atom stereocenters. The Labute approximate surface area is 101 Å². The summed E-state index contributed by atoms with van der Waals surface area (Å²) >= 11 is 0. The van der Waals surface area contributed by atoms with Crippen molar-refractivity contribution in [2.75, 3.05) is 13.2 Å². The maximum Gasteiger partial charge on any atom is 0.332 e. The molecule has 5 nitrogen and oxygen atoms in total. The van der Waals surface area contributed by atoms with Crippen molar-refractivity contribution in [1.82, 2.24) is 5.32 Å². The highest BCUT2D eigenvalue weighted by molar-refractivity contribution is 5.72. The number of hydrogen-bond donors (Lipinski definition) is 3. The Hall–Kier alpha value is -0.650. The monoisotopic (exact) mass is 243 g/mol. The highest BCUT2D eigenvalue weighted by atomic mass is 16.5. The number of rotatable bonds is 5. The van der Waals surface area contributed by atoms with Gasteiger partial charge >= 0.3 is 5.97 Å². The summed E-state index contributed by atoms with van der Waals surface area (Å²) in [6.07, 6.45) is 4.13. The predicted octanol–water partition coefficient (Wildman–Crippen LogP) is 0.369. The SMILES string of the molecule is O=C(O)C1CCC(CNC2CCCC2CO)O1. The van der Waals surface area contributed by atoms with E-state index in [1.54, 1.807) is 0 Å². The number of aliphatic hydroxyl groups excluding tert-OH is 1. The van der Waals surface area contributed by atoms with Crippen LogP contribution in [0.1, 0.15) is 32.1 Å². The van der Waals surface area contributed by atoms with Crippen LogP contribution in [0.4, 0.5) is 0 Å². The molecule has 1 saturated carbocycles. The Bertz CT molecular complexity index is 271. The molecule has 1 aliphatic heterocycles. The predicted molar refractivity (Wildman–Crippen MR) is 61.7 cm³/mol. The highest BCUT2D eigenvalue weighted by Gasteiger charge is 2.32. The van der Waals surface area contributed by atoms with Gasteiger partial charge in [-0.2, -0.15) is 0 Å². The van der Waals surface area contributed by atoms with Crippen LogP contribution in [0.3, 0.4) is 0 Å². The molecule has 2 aliphatic rings. The van der Waals surface area contributed by atoms with Crippen molar-refractivity contribution in [1.29, 1.82) is 0 Å². The van der Waals surface area contributed by atoms with Gasteiger partial charge < -0.3 is 20.3 Å². The zero-order valence-corrected chi connectivity index (χ0v) is 9.97. The second-order valence-electron chi connectivity index (χ2n) is 5.05. The molecule has 0 bridgehead atoms. The topological polar surface area (TPSA) is 78.8 Å². The van der Waals surface area contributed by atoms with Gasteiger partial charge in [-0.3, -0.25) is 0 Å². The fraction of sp³-hybridized carbons (Fsp3) is 0.917. The number of aliphatic carboxylic acids is 1. The minimum absolute atomic E-state index is 0.0102. The maximum absolute atomic E-state index is 10.7. The van der Waals surface area contributed by atoms with E-state index in [2.05, 4.69) is 5.32 Å². The average Bonchev–Trinajstić information content (AvgIpc) is 2.95. The molecule has 0 aromatic rings. The zero-order valence-electron chi connectivity index (χ0n) is 9.97. The minimum Gasteiger partial charge on any atom is -0.479 e. The third-order valence-corrected chi connectivity index (χ3v) is 3.88. The van der Waals surface area contributed by atoms with Crippen LogP contribution in [0.2, 0.25) is 0 Å². The first-order valence-electron chi connectivity index (χ1n) is 6.43. The van der Waals surface area contributed by atoms with Gasteiger partial charge in [-0.25, -0.2) is 4.79 Å². The Balaban J connectivity index is 1.70. The van der Waals surface area contributed by atoms with Crippen LogP contribution in [0.15, 0.2) is 0 Å². The largest absolute Gasteiger partial charge is 0.479 e. The van der Waals surface area contributed by atoms with E-state index in [-0.39, 0.29) is 12.7 Å². The van der Waals surface area contributed by atoms with Crippen LogP contribution in [0, 0.1) is 5.92 Å². The summed E-state index contributed by atoms with van der Waals surface area (Å²) in [5.74, 6) is -0.506. The molecule has 0 aromatic heterocycles. The van der Waals surface area contributed by atoms with E-state index in [4.69, 9.17) is 9.84 Å². The van der Waals surface area contributed by atoms with Crippen LogP contribution in [0.5, 0.6) is 0 Å². The van der Waals surface area contributed by atoms with Gasteiger partial charge in [0.25, 0.3) is 0 Å². The number of carboxylic acid groups (broad SMARTS) is 1. The molecule has 4 unspecified atom stereocenters. The van der Waals surface area contributed by atoms with Gasteiger partial charge in [-0.15, -0.1) is 0 Å². The molecule has 2 rings (SSSR count). The van der Waals surface area contributed by atoms with Crippen LogP contribution >= 0.6 is 0 Å². The van der Waals surface area contributed by atoms with Crippen LogP contribution in [0.25, 0.3) is 0 Å². The lowest BCUT2D eigenvalue weighted by Crippen LogP contribution is -2.39. The van der Waals surface area contributed by atoms with Gasteiger partial charge in [-0.1, -0.05) is 6.42 Å². The van der Waals surface area contributed by atoms with Gasteiger partial charge in [0.2, 0.25) is 0 Å². The van der Waals surface area contributed by atoms with Crippen LogP contribution in [-0.2, 0) is 9.53 Å². The van der Waals surface area contributed by atoms with Gasteiger partial charge in [0.05, 0.1) is 6.10 Å². The number of ether oxygens (including phenoxy) is 1. The molecule has 98 valence electrons. The van der Waals surface area contributed by atoms with Crippen LogP contribution < -0.4 is 5.32 Å². The average molecular weight is 243 g/mol. The lowest BCUT2D eigenvalue weighted by atomic mass is 10.0. The summed E-state index contributed by atoms with van der Waals surface area (Å²) in [4.78, 5) is 10.7. The summed E-state index contributed by atoms with van der Waals surface area (Å²) < 4.78 is 5.43. The Morgan fingerprint density at radius 1 is 1.29 bits per heavy atom. The summed E-state index contributed by atoms with van der Waals surface area (Å²) in [5.41, 5.74) is 0. The molecule has 1 heterocycles. The van der Waals surface area contributed by atoms with Crippen molar-refractivity contribution in [3.05, 3.63) is 0 Å². The molecule has 3 N–H and O–H groups in total. The fourth-order valence-electron chi connectivity index (χ4n) is 2.84. The lowest BCUT2D eigenvalue weighted by Gasteiger charge is -2.21. The number of carbonyl (C=O) groups is 1. The molecular weight excluding hydrogens is 222 g/mol. The maximum atomic E-state index is 10.7. The van der Waals surface area contributed by atoms with Crippen LogP contribution in [-0.4, -0.2) is 47.6 Å². The van der Waals surface area contributed by atoms with Gasteiger partial charge in [0.1, 0.15) is 0 Å².